The Bertz CT molecular complexity index is 1990. The molecule has 0 atom stereocenters. The van der Waals surface area contributed by atoms with Crippen molar-refractivity contribution in [2.75, 3.05) is 31.6 Å². The van der Waals surface area contributed by atoms with E-state index in [0.29, 0.717) is 42.6 Å². The van der Waals surface area contributed by atoms with E-state index in [1.165, 1.54) is 37.1 Å². The van der Waals surface area contributed by atoms with E-state index in [9.17, 15) is 18.0 Å². The van der Waals surface area contributed by atoms with Gasteiger partial charge in [-0.2, -0.15) is 0 Å². The number of amides is 1. The van der Waals surface area contributed by atoms with Crippen LogP contribution in [0.5, 0.6) is 11.5 Å². The molecule has 0 spiro atoms. The van der Waals surface area contributed by atoms with E-state index in [0.717, 1.165) is 47.7 Å². The highest BCUT2D eigenvalue weighted by Gasteiger charge is 2.46. The van der Waals surface area contributed by atoms with Gasteiger partial charge in [0, 0.05) is 42.8 Å². The van der Waals surface area contributed by atoms with Gasteiger partial charge in [-0.25, -0.2) is 31.7 Å². The molecule has 1 saturated carbocycles. The summed E-state index contributed by atoms with van der Waals surface area (Å²) in [5.41, 5.74) is -0.409. The van der Waals surface area contributed by atoms with Gasteiger partial charge in [0.15, 0.2) is 16.5 Å². The number of nitrogens with zero attached hydrogens (tertiary/aromatic N) is 4. The maximum absolute atomic E-state index is 16.2. The van der Waals surface area contributed by atoms with Gasteiger partial charge >= 0.3 is 11.8 Å². The Labute approximate surface area is 288 Å². The fourth-order valence-electron chi connectivity index (χ4n) is 6.48. The summed E-state index contributed by atoms with van der Waals surface area (Å²) in [5.74, 6) is -0.607. The van der Waals surface area contributed by atoms with Crippen molar-refractivity contribution in [3.8, 4) is 11.5 Å². The molecule has 49 heavy (non-hydrogen) atoms. The second-order valence-electron chi connectivity index (χ2n) is 13.8. The number of ether oxygens (including phenoxy) is 3. The van der Waals surface area contributed by atoms with Crippen molar-refractivity contribution in [1.29, 1.82) is 0 Å². The number of halogens is 1. The lowest BCUT2D eigenvalue weighted by Gasteiger charge is -2.34. The van der Waals surface area contributed by atoms with Gasteiger partial charge in [-0.15, -0.1) is 11.3 Å². The number of thiazole rings is 1. The molecule has 1 aliphatic carbocycles. The van der Waals surface area contributed by atoms with Crippen molar-refractivity contribution in [2.24, 2.45) is 11.3 Å². The molecule has 0 N–H and O–H groups in total. The molecule has 6 rings (SSSR count). The average Bonchev–Trinajstić information content (AvgIpc) is 3.43. The van der Waals surface area contributed by atoms with Crippen LogP contribution in [0.3, 0.4) is 0 Å². The normalized spacial score (nSPS) is 16.5. The summed E-state index contributed by atoms with van der Waals surface area (Å²) in [6.07, 6.45) is 5.50. The molecular weight excluding hydrogens is 676 g/mol. The Morgan fingerprint density at radius 3 is 2.49 bits per heavy atom. The summed E-state index contributed by atoms with van der Waals surface area (Å²) in [7, 11) is -1.57. The zero-order valence-electron chi connectivity index (χ0n) is 28.2. The van der Waals surface area contributed by atoms with Gasteiger partial charge in [0.05, 0.1) is 26.3 Å². The summed E-state index contributed by atoms with van der Waals surface area (Å²) in [4.78, 5) is 31.0. The highest BCUT2D eigenvalue weighted by atomic mass is 32.2. The van der Waals surface area contributed by atoms with E-state index >= 15 is 4.39 Å². The van der Waals surface area contributed by atoms with Crippen LogP contribution in [0.1, 0.15) is 58.4 Å². The molecule has 12 nitrogen and oxygen atoms in total. The second-order valence-corrected chi connectivity index (χ2v) is 16.5. The second kappa shape index (κ2) is 13.3. The lowest BCUT2D eigenvalue weighted by molar-refractivity contribution is 0.0172. The average molecular weight is 717 g/mol. The molecule has 2 aromatic heterocycles. The van der Waals surface area contributed by atoms with Gasteiger partial charge in [0.25, 0.3) is 10.0 Å². The number of fused-ring (bicyclic) bond motifs is 1. The number of carbonyl (C=O) groups is 1. The smallest absolute Gasteiger partial charge is 0.420 e. The number of benzene rings is 2. The number of methoxy groups -OCH3 is 2. The molecule has 4 aromatic rings. The number of piperidine rings is 1. The number of anilines is 1. The van der Waals surface area contributed by atoms with Gasteiger partial charge in [-0.3, -0.25) is 4.57 Å². The first kappa shape index (κ1) is 34.7. The molecule has 2 aliphatic rings. The molecule has 1 saturated heterocycles. The standard InChI is InChI=1S/C34H41FN4O8S2/c1-33(2,3)47-31(40)37-15-10-22(11-16-37)19-34(12-13-34)21-38-25-8-9-27(28(35)29(25)46-32(38)41)49(42,43)39(30-36-14-17-48-30)20-23-6-7-24(44-4)18-26(23)45-5/h6-9,14,17-18,22H,10-13,15-16,19-21H2,1-5H3. The Morgan fingerprint density at radius 2 is 1.88 bits per heavy atom. The number of likely N-dealkylation sites (tertiary alicyclic amines) is 1. The Morgan fingerprint density at radius 1 is 1.14 bits per heavy atom. The molecule has 2 fully saturated rings. The summed E-state index contributed by atoms with van der Waals surface area (Å²) in [6, 6.07) is 7.58. The zero-order valence-corrected chi connectivity index (χ0v) is 29.9. The quantitative estimate of drug-likeness (QED) is 0.172. The third-order valence-electron chi connectivity index (χ3n) is 9.19. The van der Waals surface area contributed by atoms with Gasteiger partial charge in [-0.05, 0) is 88.5 Å². The van der Waals surface area contributed by atoms with Crippen molar-refractivity contribution < 1.29 is 36.2 Å². The van der Waals surface area contributed by atoms with E-state index in [4.69, 9.17) is 18.6 Å². The molecule has 264 valence electrons. The van der Waals surface area contributed by atoms with Crippen LogP contribution < -0.4 is 19.5 Å². The number of aromatic nitrogens is 2. The number of hydrogen-bond donors (Lipinski definition) is 0. The molecule has 0 bridgehead atoms. The number of hydrogen-bond acceptors (Lipinski definition) is 10. The third kappa shape index (κ3) is 7.28. The van der Waals surface area contributed by atoms with Gasteiger partial charge < -0.3 is 23.5 Å². The first-order valence-electron chi connectivity index (χ1n) is 16.2. The first-order chi connectivity index (χ1) is 23.2. The van der Waals surface area contributed by atoms with Crippen LogP contribution in [-0.2, 0) is 27.8 Å². The molecule has 15 heteroatoms. The van der Waals surface area contributed by atoms with Crippen LogP contribution in [0.2, 0.25) is 0 Å². The van der Waals surface area contributed by atoms with Crippen LogP contribution in [-0.4, -0.2) is 61.9 Å². The molecule has 0 unspecified atom stereocenters. The summed E-state index contributed by atoms with van der Waals surface area (Å²) >= 11 is 1.08. The van der Waals surface area contributed by atoms with E-state index in [1.807, 2.05) is 20.8 Å². The predicted molar refractivity (Wildman–Crippen MR) is 182 cm³/mol. The number of carbonyl (C=O) groups excluding carboxylic acids is 1. The summed E-state index contributed by atoms with van der Waals surface area (Å²) < 4.78 is 68.6. The fourth-order valence-corrected chi connectivity index (χ4v) is 8.80. The minimum atomic E-state index is -4.54. The monoisotopic (exact) mass is 716 g/mol. The summed E-state index contributed by atoms with van der Waals surface area (Å²) in [6.45, 7) is 6.89. The molecule has 1 aliphatic heterocycles. The first-order valence-corrected chi connectivity index (χ1v) is 18.5. The maximum Gasteiger partial charge on any atom is 0.420 e. The predicted octanol–water partition coefficient (Wildman–Crippen LogP) is 6.42. The lowest BCUT2D eigenvalue weighted by atomic mass is 9.85. The summed E-state index contributed by atoms with van der Waals surface area (Å²) in [5, 5.41) is 1.75. The van der Waals surface area contributed by atoms with Gasteiger partial charge in [0.2, 0.25) is 0 Å². The van der Waals surface area contributed by atoms with Crippen molar-refractivity contribution in [1.82, 2.24) is 14.5 Å². The topological polar surface area (TPSA) is 133 Å². The van der Waals surface area contributed by atoms with Gasteiger partial charge in [0.1, 0.15) is 22.0 Å². The van der Waals surface area contributed by atoms with E-state index < -0.39 is 37.7 Å². The molecular formula is C34H41FN4O8S2. The van der Waals surface area contributed by atoms with Crippen molar-refractivity contribution in [3.05, 3.63) is 63.8 Å². The minimum Gasteiger partial charge on any atom is -0.497 e. The highest BCUT2D eigenvalue weighted by Crippen LogP contribution is 2.53. The van der Waals surface area contributed by atoms with Crippen LogP contribution in [0.25, 0.3) is 11.1 Å². The SMILES string of the molecule is COc1ccc(CN(c2nccs2)S(=O)(=O)c2ccc3c(oc(=O)n3CC3(CC4CCN(C(=O)OC(C)(C)C)CC4)CC3)c2F)c(OC)c1. The Kier molecular flexibility index (Phi) is 9.44. The molecule has 1 amide bonds. The number of rotatable bonds is 11. The Hall–Kier alpha value is -4.11. The van der Waals surface area contributed by atoms with Crippen LogP contribution in [0.4, 0.5) is 14.3 Å². The van der Waals surface area contributed by atoms with E-state index in [2.05, 4.69) is 4.98 Å². The number of sulfonamides is 1. The molecule has 3 heterocycles. The van der Waals surface area contributed by atoms with E-state index in [-0.39, 0.29) is 28.7 Å². The Balaban J connectivity index is 1.23. The largest absolute Gasteiger partial charge is 0.497 e. The molecule has 0 radical (unpaired) electrons. The van der Waals surface area contributed by atoms with Crippen molar-refractivity contribution in [2.45, 2.75) is 76.5 Å². The maximum atomic E-state index is 16.2. The fraction of sp³-hybridized carbons (Fsp3) is 0.500. The minimum absolute atomic E-state index is 0.129. The third-order valence-corrected chi connectivity index (χ3v) is 11.9. The van der Waals surface area contributed by atoms with Crippen molar-refractivity contribution in [3.63, 3.8) is 0 Å². The van der Waals surface area contributed by atoms with Crippen LogP contribution in [0, 0.1) is 17.2 Å². The molecule has 2 aromatic carbocycles. The highest BCUT2D eigenvalue weighted by molar-refractivity contribution is 7.93. The van der Waals surface area contributed by atoms with Crippen molar-refractivity contribution >= 4 is 43.7 Å². The van der Waals surface area contributed by atoms with Crippen LogP contribution in [0.15, 0.2) is 56.0 Å². The number of oxazole rings is 1. The van der Waals surface area contributed by atoms with Gasteiger partial charge in [-0.1, -0.05) is 0 Å². The van der Waals surface area contributed by atoms with Crippen LogP contribution >= 0.6 is 11.3 Å². The lowest BCUT2D eigenvalue weighted by Crippen LogP contribution is -2.42. The van der Waals surface area contributed by atoms with E-state index in [1.54, 1.807) is 28.5 Å². The zero-order chi connectivity index (χ0) is 35.1.